The van der Waals surface area contributed by atoms with Crippen LogP contribution in [0.5, 0.6) is 0 Å². The van der Waals surface area contributed by atoms with Gasteiger partial charge in [-0.05, 0) is 44.9 Å². The smallest absolute Gasteiger partial charge is 0.387 e. The van der Waals surface area contributed by atoms with Crippen LogP contribution in [0.15, 0.2) is 24.3 Å². The second-order valence-corrected chi connectivity index (χ2v) is 19.6. The zero-order valence-electron chi connectivity index (χ0n) is 39.0. The van der Waals surface area contributed by atoms with Gasteiger partial charge in [0.2, 0.25) is 5.91 Å². The molecule has 58 heavy (non-hydrogen) atoms. The molecule has 0 rings (SSSR count). The predicted molar refractivity (Wildman–Crippen MR) is 249 cm³/mol. The van der Waals surface area contributed by atoms with E-state index in [-0.39, 0.29) is 19.1 Å². The second-order valence-electron chi connectivity index (χ2n) is 18.2. The molecule has 0 saturated heterocycles. The third-order valence-corrected chi connectivity index (χ3v) is 12.1. The number of carbonyl (C=O) groups is 1. The number of rotatable bonds is 45. The van der Waals surface area contributed by atoms with Gasteiger partial charge < -0.3 is 19.8 Å². The highest BCUT2D eigenvalue weighted by atomic mass is 31.2. The summed E-state index contributed by atoms with van der Waals surface area (Å²) in [4.78, 5) is 23.2. The minimum absolute atomic E-state index is 0.0620. The monoisotopic (exact) mass is 842 g/mol. The lowest BCUT2D eigenvalue weighted by Crippen LogP contribution is -2.45. The van der Waals surface area contributed by atoms with Gasteiger partial charge in [-0.25, -0.2) is 4.57 Å². The predicted octanol–water partition coefficient (Wildman–Crippen LogP) is 14.1. The Bertz CT molecular complexity index is 1000. The van der Waals surface area contributed by atoms with Crippen LogP contribution in [0.25, 0.3) is 0 Å². The summed E-state index contributed by atoms with van der Waals surface area (Å²) in [6.07, 6.45) is 49.6. The summed E-state index contributed by atoms with van der Waals surface area (Å²) in [5, 5.41) is 13.9. The van der Waals surface area contributed by atoms with Gasteiger partial charge in [0.1, 0.15) is 13.2 Å². The number of quaternary nitrogens is 1. The van der Waals surface area contributed by atoms with Crippen molar-refractivity contribution in [2.75, 3.05) is 40.9 Å². The summed E-state index contributed by atoms with van der Waals surface area (Å²) in [7, 11) is 1.58. The van der Waals surface area contributed by atoms with Gasteiger partial charge in [0.15, 0.2) is 0 Å². The fourth-order valence-corrected chi connectivity index (χ4v) is 7.95. The van der Waals surface area contributed by atoms with E-state index in [4.69, 9.17) is 9.05 Å². The maximum Gasteiger partial charge on any atom is 0.472 e. The number of aliphatic hydroxyl groups is 1. The Labute approximate surface area is 360 Å². The number of nitrogens with one attached hydrogen (secondary N) is 1. The summed E-state index contributed by atoms with van der Waals surface area (Å²) in [5.41, 5.74) is 0. The number of allylic oxidation sites excluding steroid dienone is 3. The molecule has 3 N–H and O–H groups in total. The third kappa shape index (κ3) is 43.1. The van der Waals surface area contributed by atoms with Crippen molar-refractivity contribution in [2.45, 2.75) is 244 Å². The molecule has 0 aliphatic rings. The van der Waals surface area contributed by atoms with E-state index in [1.807, 2.05) is 27.2 Å². The Hall–Kier alpha value is -1.02. The van der Waals surface area contributed by atoms with Gasteiger partial charge in [0.25, 0.3) is 0 Å². The number of amides is 1. The number of nitrogens with zero attached hydrogens (tertiary/aromatic N) is 1. The molecule has 0 aromatic rings. The van der Waals surface area contributed by atoms with Gasteiger partial charge in [-0.2, -0.15) is 0 Å². The van der Waals surface area contributed by atoms with Crippen LogP contribution in [0, 0.1) is 0 Å². The zero-order valence-corrected chi connectivity index (χ0v) is 39.9. The van der Waals surface area contributed by atoms with Crippen LogP contribution in [-0.4, -0.2) is 73.4 Å². The minimum atomic E-state index is -4.34. The van der Waals surface area contributed by atoms with Crippen LogP contribution in [0.1, 0.15) is 232 Å². The van der Waals surface area contributed by atoms with Gasteiger partial charge in [-0.3, -0.25) is 13.8 Å². The SMILES string of the molecule is CCCCCCCCC/C=C\CCCCCCCCCC(=O)NC(COP(=O)(O)OCC[N+](C)(C)C)C(O)/C=C/CCCCCCCCCCCCCCCCCC. The summed E-state index contributed by atoms with van der Waals surface area (Å²) < 4.78 is 23.6. The average Bonchev–Trinajstić information content (AvgIpc) is 3.17. The number of likely N-dealkylation sites (N-methyl/N-ethyl adjacent to an activating group) is 1. The van der Waals surface area contributed by atoms with Crippen LogP contribution in [0.3, 0.4) is 0 Å². The Kier molecular flexibility index (Phi) is 40.6. The van der Waals surface area contributed by atoms with Gasteiger partial charge in [-0.15, -0.1) is 0 Å². The van der Waals surface area contributed by atoms with E-state index < -0.39 is 20.0 Å². The first-order valence-electron chi connectivity index (χ1n) is 24.7. The summed E-state index contributed by atoms with van der Waals surface area (Å²) in [6, 6.07) is -0.846. The molecule has 0 aliphatic heterocycles. The Morgan fingerprint density at radius 1 is 0.569 bits per heavy atom. The minimum Gasteiger partial charge on any atom is -0.387 e. The Morgan fingerprint density at radius 2 is 0.931 bits per heavy atom. The average molecular weight is 842 g/mol. The molecule has 3 unspecified atom stereocenters. The lowest BCUT2D eigenvalue weighted by molar-refractivity contribution is -0.870. The van der Waals surface area contributed by atoms with Crippen molar-refractivity contribution >= 4 is 13.7 Å². The van der Waals surface area contributed by atoms with Crippen LogP contribution in [0.2, 0.25) is 0 Å². The summed E-state index contributed by atoms with van der Waals surface area (Å²) >= 11 is 0. The van der Waals surface area contributed by atoms with E-state index in [1.54, 1.807) is 6.08 Å². The van der Waals surface area contributed by atoms with Crippen molar-refractivity contribution in [1.82, 2.24) is 5.32 Å². The molecule has 0 saturated carbocycles. The molecule has 1 amide bonds. The second kappa shape index (κ2) is 41.3. The molecule has 0 aromatic heterocycles. The number of phosphoric acid groups is 1. The van der Waals surface area contributed by atoms with Crippen molar-refractivity contribution in [1.29, 1.82) is 0 Å². The van der Waals surface area contributed by atoms with Crippen LogP contribution < -0.4 is 5.32 Å². The molecule has 8 nitrogen and oxygen atoms in total. The molecular formula is C49H98N2O6P+. The van der Waals surface area contributed by atoms with E-state index in [9.17, 15) is 19.4 Å². The normalized spacial score (nSPS) is 14.4. The van der Waals surface area contributed by atoms with Crippen LogP contribution >= 0.6 is 7.82 Å². The van der Waals surface area contributed by atoms with Crippen molar-refractivity contribution in [2.24, 2.45) is 0 Å². The molecule has 0 radical (unpaired) electrons. The lowest BCUT2D eigenvalue weighted by atomic mass is 10.0. The lowest BCUT2D eigenvalue weighted by Gasteiger charge is -2.25. The molecule has 344 valence electrons. The van der Waals surface area contributed by atoms with Gasteiger partial charge in [-0.1, -0.05) is 205 Å². The van der Waals surface area contributed by atoms with Gasteiger partial charge in [0, 0.05) is 6.42 Å². The molecule has 0 aliphatic carbocycles. The summed E-state index contributed by atoms with van der Waals surface area (Å²) in [5.74, 6) is -0.180. The number of carbonyl (C=O) groups excluding carboxylic acids is 1. The molecule has 3 atom stereocenters. The van der Waals surface area contributed by atoms with Crippen molar-refractivity contribution in [3.8, 4) is 0 Å². The largest absolute Gasteiger partial charge is 0.472 e. The van der Waals surface area contributed by atoms with E-state index in [1.165, 1.54) is 173 Å². The molecule has 0 spiro atoms. The number of phosphoric ester groups is 1. The molecule has 0 aromatic carbocycles. The maximum atomic E-state index is 12.9. The first kappa shape index (κ1) is 57.0. The molecular weight excluding hydrogens is 744 g/mol. The van der Waals surface area contributed by atoms with Crippen molar-refractivity contribution in [3.63, 3.8) is 0 Å². The first-order chi connectivity index (χ1) is 28.0. The number of aliphatic hydroxyl groups excluding tert-OH is 1. The Balaban J connectivity index is 4.35. The van der Waals surface area contributed by atoms with E-state index in [0.717, 1.165) is 38.5 Å². The standard InChI is InChI=1S/C49H97N2O6P/c1-6-8-10-12-14-16-18-20-22-24-26-28-30-32-34-36-38-40-42-48(52)47(46-57-58(54,55)56-45-44-51(3,4)5)50-49(53)43-41-39-37-35-33-31-29-27-25-23-21-19-17-15-13-11-9-7-2/h23,25,40,42,47-48,52H,6-22,24,26-39,41,43-46H2,1-5H3,(H-,50,53,54,55)/p+1/b25-23-,42-40+. The van der Waals surface area contributed by atoms with Gasteiger partial charge >= 0.3 is 7.82 Å². The topological polar surface area (TPSA) is 105 Å². The number of hydrogen-bond acceptors (Lipinski definition) is 5. The molecule has 0 bridgehead atoms. The molecule has 0 fully saturated rings. The van der Waals surface area contributed by atoms with E-state index >= 15 is 0 Å². The molecule has 0 heterocycles. The van der Waals surface area contributed by atoms with Gasteiger partial charge in [0.05, 0.1) is 39.9 Å². The van der Waals surface area contributed by atoms with Crippen molar-refractivity contribution < 1.29 is 32.9 Å². The highest BCUT2D eigenvalue weighted by Gasteiger charge is 2.27. The fourth-order valence-electron chi connectivity index (χ4n) is 7.21. The number of hydrogen-bond donors (Lipinski definition) is 3. The molecule has 9 heteroatoms. The number of unbranched alkanes of at least 4 members (excludes halogenated alkanes) is 30. The third-order valence-electron chi connectivity index (χ3n) is 11.2. The highest BCUT2D eigenvalue weighted by Crippen LogP contribution is 2.43. The van der Waals surface area contributed by atoms with Crippen LogP contribution in [0.4, 0.5) is 0 Å². The summed E-state index contributed by atoms with van der Waals surface area (Å²) in [6.45, 7) is 4.83. The highest BCUT2D eigenvalue weighted by molar-refractivity contribution is 7.47. The van der Waals surface area contributed by atoms with Crippen LogP contribution in [-0.2, 0) is 18.4 Å². The quantitative estimate of drug-likeness (QED) is 0.0244. The van der Waals surface area contributed by atoms with E-state index in [0.29, 0.717) is 17.4 Å². The maximum absolute atomic E-state index is 12.9. The zero-order chi connectivity index (χ0) is 42.8. The fraction of sp³-hybridized carbons (Fsp3) is 0.898. The Morgan fingerprint density at radius 3 is 1.33 bits per heavy atom. The first-order valence-corrected chi connectivity index (χ1v) is 26.2. The van der Waals surface area contributed by atoms with Crippen molar-refractivity contribution in [3.05, 3.63) is 24.3 Å². The van der Waals surface area contributed by atoms with E-state index in [2.05, 4.69) is 31.3 Å².